The van der Waals surface area contributed by atoms with E-state index in [4.69, 9.17) is 14.1 Å². The lowest BCUT2D eigenvalue weighted by molar-refractivity contribution is -0.0775. The van der Waals surface area contributed by atoms with Crippen molar-refractivity contribution in [3.8, 4) is 0 Å². The van der Waals surface area contributed by atoms with Gasteiger partial charge in [-0.25, -0.2) is 0 Å². The molecule has 0 heterocycles. The second kappa shape index (κ2) is 8.87. The van der Waals surface area contributed by atoms with E-state index in [0.29, 0.717) is 13.4 Å². The van der Waals surface area contributed by atoms with E-state index >= 15 is 0 Å². The van der Waals surface area contributed by atoms with Gasteiger partial charge in [0.15, 0.2) is 0 Å². The van der Waals surface area contributed by atoms with Crippen molar-refractivity contribution in [1.82, 2.24) is 0 Å². The first kappa shape index (κ1) is 21.7. The molecule has 0 saturated heterocycles. The molecular formula is C20H39BO3. The molecule has 0 saturated carbocycles. The molecule has 1 rings (SSSR count). The normalized spacial score (nSPS) is 22.4. The van der Waals surface area contributed by atoms with E-state index in [-0.39, 0.29) is 23.3 Å². The van der Waals surface area contributed by atoms with E-state index in [2.05, 4.69) is 54.5 Å². The first-order valence-electron chi connectivity index (χ1n) is 9.57. The smallest absolute Gasteiger partial charge is 0.322 e. The Hall–Kier alpha value is -0.315. The van der Waals surface area contributed by atoms with Gasteiger partial charge in [0.05, 0.1) is 12.2 Å². The average molecular weight is 338 g/mol. The zero-order chi connectivity index (χ0) is 18.4. The highest BCUT2D eigenvalue weighted by Crippen LogP contribution is 2.39. The van der Waals surface area contributed by atoms with Gasteiger partial charge in [0.25, 0.3) is 0 Å². The Bertz CT molecular complexity index is 412. The van der Waals surface area contributed by atoms with E-state index in [0.717, 1.165) is 32.2 Å². The Kier molecular flexibility index (Phi) is 8.03. The topological polar surface area (TPSA) is 27.7 Å². The molecule has 0 radical (unpaired) electrons. The average Bonchev–Trinajstić information content (AvgIpc) is 2.49. The summed E-state index contributed by atoms with van der Waals surface area (Å²) in [6.07, 6.45) is 6.75. The van der Waals surface area contributed by atoms with Gasteiger partial charge in [-0.05, 0) is 57.2 Å². The molecule has 0 fully saturated rings. The number of hydrogen-bond acceptors (Lipinski definition) is 3. The third kappa shape index (κ3) is 6.20. The molecule has 1 aliphatic rings. The van der Waals surface area contributed by atoms with Crippen molar-refractivity contribution in [3.63, 3.8) is 0 Å². The van der Waals surface area contributed by atoms with Crippen LogP contribution in [0.2, 0.25) is 6.32 Å². The molecule has 0 bridgehead atoms. The molecule has 1 atom stereocenters. The maximum atomic E-state index is 6.55. The highest BCUT2D eigenvalue weighted by molar-refractivity contribution is 6.60. The lowest BCUT2D eigenvalue weighted by Crippen LogP contribution is -2.45. The maximum Gasteiger partial charge on any atom is 0.322 e. The van der Waals surface area contributed by atoms with Crippen LogP contribution in [-0.4, -0.2) is 32.5 Å². The number of ether oxygens (including phenoxy) is 2. The summed E-state index contributed by atoms with van der Waals surface area (Å²) < 4.78 is 17.5. The van der Waals surface area contributed by atoms with Gasteiger partial charge < -0.3 is 14.1 Å². The summed E-state index contributed by atoms with van der Waals surface area (Å²) in [5, 5.41) is 0. The van der Waals surface area contributed by atoms with Gasteiger partial charge >= 0.3 is 6.92 Å². The molecule has 0 N–H and O–H groups in total. The van der Waals surface area contributed by atoms with Crippen LogP contribution in [-0.2, 0) is 14.1 Å². The van der Waals surface area contributed by atoms with Crippen molar-refractivity contribution >= 4 is 6.92 Å². The minimum atomic E-state index is -0.143. The fourth-order valence-electron chi connectivity index (χ4n) is 2.84. The molecular weight excluding hydrogens is 299 g/mol. The van der Waals surface area contributed by atoms with Crippen LogP contribution >= 0.6 is 0 Å². The second-order valence-electron chi connectivity index (χ2n) is 9.03. The summed E-state index contributed by atoms with van der Waals surface area (Å²) in [5.74, 6) is 0. The van der Waals surface area contributed by atoms with E-state index in [9.17, 15) is 0 Å². The van der Waals surface area contributed by atoms with Crippen LogP contribution in [0.1, 0.15) is 74.7 Å². The number of allylic oxidation sites excluding steroid dienone is 2. The van der Waals surface area contributed by atoms with Gasteiger partial charge in [-0.1, -0.05) is 46.2 Å². The van der Waals surface area contributed by atoms with Gasteiger partial charge in [-0.2, -0.15) is 0 Å². The van der Waals surface area contributed by atoms with Gasteiger partial charge in [-0.15, -0.1) is 0 Å². The Morgan fingerprint density at radius 3 is 2.25 bits per heavy atom. The van der Waals surface area contributed by atoms with Crippen LogP contribution in [0.3, 0.4) is 0 Å². The van der Waals surface area contributed by atoms with Crippen LogP contribution in [0.4, 0.5) is 0 Å². The third-order valence-electron chi connectivity index (χ3n) is 5.72. The van der Waals surface area contributed by atoms with Crippen molar-refractivity contribution in [1.29, 1.82) is 0 Å². The Morgan fingerprint density at radius 2 is 1.79 bits per heavy atom. The molecule has 0 aromatic carbocycles. The lowest BCUT2D eigenvalue weighted by atomic mass is 9.53. The molecule has 0 aromatic rings. The lowest BCUT2D eigenvalue weighted by Gasteiger charge is -2.42. The molecule has 1 unspecified atom stereocenters. The molecule has 1 aliphatic carbocycles. The quantitative estimate of drug-likeness (QED) is 0.315. The van der Waals surface area contributed by atoms with E-state index < -0.39 is 0 Å². The van der Waals surface area contributed by atoms with Gasteiger partial charge in [0.2, 0.25) is 0 Å². The highest BCUT2D eigenvalue weighted by atomic mass is 16.7. The summed E-state index contributed by atoms with van der Waals surface area (Å²) in [6.45, 7) is 19.8. The Morgan fingerprint density at radius 1 is 1.12 bits per heavy atom. The summed E-state index contributed by atoms with van der Waals surface area (Å²) in [5.41, 5.74) is 1.67. The van der Waals surface area contributed by atoms with Gasteiger partial charge in [0.1, 0.15) is 6.79 Å². The van der Waals surface area contributed by atoms with Crippen molar-refractivity contribution in [3.05, 3.63) is 11.5 Å². The summed E-state index contributed by atoms with van der Waals surface area (Å²) >= 11 is 0. The summed E-state index contributed by atoms with van der Waals surface area (Å²) in [6, 6.07) is 0. The molecule has 0 spiro atoms. The van der Waals surface area contributed by atoms with Gasteiger partial charge in [-0.3, -0.25) is 0 Å². The Balaban J connectivity index is 2.64. The molecule has 24 heavy (non-hydrogen) atoms. The molecule has 0 aromatic heterocycles. The molecule has 140 valence electrons. The predicted molar refractivity (Wildman–Crippen MR) is 103 cm³/mol. The van der Waals surface area contributed by atoms with E-state index in [1.807, 2.05) is 6.92 Å². The minimum absolute atomic E-state index is 0.122. The van der Waals surface area contributed by atoms with Crippen molar-refractivity contribution in [2.75, 3.05) is 20.0 Å². The third-order valence-corrected chi connectivity index (χ3v) is 5.72. The standard InChI is InChI=1S/C20H39BO3/c1-9-21(24-19(6,7)18(3,4)5)17-11-13-20(8,14-12-17)15-23-16-22-10-2/h11H,9-10,12-16H2,1-8H3. The zero-order valence-electron chi connectivity index (χ0n) is 17.3. The van der Waals surface area contributed by atoms with Crippen LogP contribution in [0.25, 0.3) is 0 Å². The fraction of sp³-hybridized carbons (Fsp3) is 0.900. The van der Waals surface area contributed by atoms with Crippen molar-refractivity contribution < 1.29 is 14.1 Å². The van der Waals surface area contributed by atoms with Crippen molar-refractivity contribution in [2.24, 2.45) is 10.8 Å². The summed E-state index contributed by atoms with van der Waals surface area (Å²) in [4.78, 5) is 0. The second-order valence-corrected chi connectivity index (χ2v) is 9.03. The first-order chi connectivity index (χ1) is 11.0. The van der Waals surface area contributed by atoms with Crippen LogP contribution in [0.5, 0.6) is 0 Å². The number of rotatable bonds is 9. The SMILES string of the molecule is CCOCOCC1(C)CC=C(B(CC)OC(C)(C)C(C)(C)C)CC1. The van der Waals surface area contributed by atoms with Crippen molar-refractivity contribution in [2.45, 2.75) is 86.6 Å². The Labute approximate surface area is 150 Å². The minimum Gasteiger partial charge on any atom is -0.426 e. The van der Waals surface area contributed by atoms with E-state index in [1.54, 1.807) is 0 Å². The largest absolute Gasteiger partial charge is 0.426 e. The maximum absolute atomic E-state index is 6.55. The molecule has 0 amide bonds. The van der Waals surface area contributed by atoms with Gasteiger partial charge in [0, 0.05) is 6.61 Å². The molecule has 4 heteroatoms. The fourth-order valence-corrected chi connectivity index (χ4v) is 2.84. The monoisotopic (exact) mass is 338 g/mol. The summed E-state index contributed by atoms with van der Waals surface area (Å²) in [7, 11) is 0. The molecule has 3 nitrogen and oxygen atoms in total. The molecule has 0 aliphatic heterocycles. The van der Waals surface area contributed by atoms with E-state index in [1.165, 1.54) is 5.47 Å². The first-order valence-corrected chi connectivity index (χ1v) is 9.57. The van der Waals surface area contributed by atoms with Crippen LogP contribution in [0, 0.1) is 10.8 Å². The van der Waals surface area contributed by atoms with Crippen LogP contribution < -0.4 is 0 Å². The van der Waals surface area contributed by atoms with Crippen LogP contribution in [0.15, 0.2) is 11.5 Å². The number of hydrogen-bond donors (Lipinski definition) is 0. The highest BCUT2D eigenvalue weighted by Gasteiger charge is 2.38. The predicted octanol–water partition coefficient (Wildman–Crippen LogP) is 5.51. The zero-order valence-corrected chi connectivity index (χ0v) is 17.3.